The summed E-state index contributed by atoms with van der Waals surface area (Å²) in [7, 11) is 0. The molecule has 1 aromatic carbocycles. The first-order valence-corrected chi connectivity index (χ1v) is 8.51. The summed E-state index contributed by atoms with van der Waals surface area (Å²) in [5.74, 6) is 0.899. The van der Waals surface area contributed by atoms with E-state index in [0.717, 1.165) is 18.7 Å². The molecule has 2 aromatic rings. The smallest absolute Gasteiger partial charge is 0.227 e. The second kappa shape index (κ2) is 7.76. The number of aliphatic hydroxyl groups excluding tert-OH is 1. The van der Waals surface area contributed by atoms with Gasteiger partial charge >= 0.3 is 0 Å². The molecular formula is C18H24FN5O. The predicted octanol–water partition coefficient (Wildman–Crippen LogP) is 1.58. The van der Waals surface area contributed by atoms with Gasteiger partial charge in [0.1, 0.15) is 11.6 Å². The summed E-state index contributed by atoms with van der Waals surface area (Å²) >= 11 is 0. The number of nitrogens with two attached hydrogens (primary N) is 1. The third kappa shape index (κ3) is 4.05. The molecule has 6 nitrogen and oxygen atoms in total. The summed E-state index contributed by atoms with van der Waals surface area (Å²) in [5, 5.41) is 9.42. The Hall–Kier alpha value is -2.25. The van der Waals surface area contributed by atoms with Crippen LogP contribution in [0.4, 0.5) is 16.2 Å². The van der Waals surface area contributed by atoms with Crippen LogP contribution in [0.3, 0.4) is 0 Å². The van der Waals surface area contributed by atoms with Gasteiger partial charge in [-0.15, -0.1) is 0 Å². The molecule has 0 saturated carbocycles. The Balaban J connectivity index is 1.73. The molecule has 0 unspecified atom stereocenters. The average molecular weight is 345 g/mol. The fourth-order valence-corrected chi connectivity index (χ4v) is 3.15. The summed E-state index contributed by atoms with van der Waals surface area (Å²) in [6.07, 6.45) is 2.34. The average Bonchev–Trinajstić information content (AvgIpc) is 2.61. The molecule has 0 radical (unpaired) electrons. The number of aliphatic hydroxyl groups is 1. The first kappa shape index (κ1) is 17.6. The number of nitrogens with zero attached hydrogens (tertiary/aromatic N) is 4. The number of hydrogen-bond acceptors (Lipinski definition) is 6. The van der Waals surface area contributed by atoms with Gasteiger partial charge in [-0.05, 0) is 19.4 Å². The number of anilines is 2. The van der Waals surface area contributed by atoms with E-state index in [4.69, 9.17) is 5.73 Å². The van der Waals surface area contributed by atoms with Gasteiger partial charge in [-0.1, -0.05) is 18.2 Å². The van der Waals surface area contributed by atoms with Crippen LogP contribution in [0.2, 0.25) is 0 Å². The maximum atomic E-state index is 14.0. The molecule has 0 aliphatic carbocycles. The minimum absolute atomic E-state index is 0.0865. The number of benzene rings is 1. The molecule has 1 fully saturated rings. The van der Waals surface area contributed by atoms with Crippen molar-refractivity contribution in [3.05, 3.63) is 47.4 Å². The van der Waals surface area contributed by atoms with E-state index >= 15 is 0 Å². The third-order valence-corrected chi connectivity index (χ3v) is 4.68. The predicted molar refractivity (Wildman–Crippen MR) is 95.7 cm³/mol. The summed E-state index contributed by atoms with van der Waals surface area (Å²) in [4.78, 5) is 13.0. The van der Waals surface area contributed by atoms with Crippen molar-refractivity contribution < 1.29 is 9.50 Å². The number of aromatic nitrogens is 2. The van der Waals surface area contributed by atoms with Crippen LogP contribution < -0.4 is 10.6 Å². The van der Waals surface area contributed by atoms with Gasteiger partial charge in [-0.3, -0.25) is 4.90 Å². The molecule has 1 saturated heterocycles. The van der Waals surface area contributed by atoms with E-state index in [9.17, 15) is 9.50 Å². The highest BCUT2D eigenvalue weighted by atomic mass is 19.1. The van der Waals surface area contributed by atoms with Gasteiger partial charge in [0.05, 0.1) is 0 Å². The van der Waals surface area contributed by atoms with Gasteiger partial charge in [0.25, 0.3) is 0 Å². The number of rotatable bonds is 5. The Morgan fingerprint density at radius 2 is 2.12 bits per heavy atom. The van der Waals surface area contributed by atoms with Gasteiger partial charge in [0, 0.05) is 56.2 Å². The van der Waals surface area contributed by atoms with E-state index in [2.05, 4.69) is 19.8 Å². The van der Waals surface area contributed by atoms with E-state index in [1.54, 1.807) is 12.3 Å². The minimum atomic E-state index is -0.192. The minimum Gasteiger partial charge on any atom is -0.396 e. The molecule has 0 spiro atoms. The summed E-state index contributed by atoms with van der Waals surface area (Å²) in [5.41, 5.74) is 7.43. The van der Waals surface area contributed by atoms with Crippen molar-refractivity contribution in [2.75, 3.05) is 36.9 Å². The Morgan fingerprint density at radius 1 is 1.32 bits per heavy atom. The highest BCUT2D eigenvalue weighted by molar-refractivity contribution is 5.44. The Labute approximate surface area is 147 Å². The summed E-state index contributed by atoms with van der Waals surface area (Å²) in [6.45, 7) is 4.65. The lowest BCUT2D eigenvalue weighted by Crippen LogP contribution is -2.53. The van der Waals surface area contributed by atoms with Gasteiger partial charge in [0.15, 0.2) is 0 Å². The van der Waals surface area contributed by atoms with Gasteiger partial charge in [-0.25, -0.2) is 9.37 Å². The molecular weight excluding hydrogens is 321 g/mol. The maximum absolute atomic E-state index is 14.0. The quantitative estimate of drug-likeness (QED) is 0.857. The van der Waals surface area contributed by atoms with Crippen LogP contribution in [0.25, 0.3) is 0 Å². The zero-order valence-corrected chi connectivity index (χ0v) is 14.4. The Morgan fingerprint density at radius 3 is 2.84 bits per heavy atom. The second-order valence-electron chi connectivity index (χ2n) is 6.41. The largest absolute Gasteiger partial charge is 0.396 e. The van der Waals surface area contributed by atoms with E-state index in [0.29, 0.717) is 36.8 Å². The van der Waals surface area contributed by atoms with Crippen LogP contribution in [0, 0.1) is 12.7 Å². The Bertz CT molecular complexity index is 726. The number of aryl methyl sites for hydroxylation is 1. The van der Waals surface area contributed by atoms with Gasteiger partial charge < -0.3 is 15.7 Å². The highest BCUT2D eigenvalue weighted by Crippen LogP contribution is 2.21. The molecule has 0 amide bonds. The van der Waals surface area contributed by atoms with Crippen LogP contribution in [0.1, 0.15) is 17.5 Å². The zero-order chi connectivity index (χ0) is 17.8. The van der Waals surface area contributed by atoms with Crippen molar-refractivity contribution in [2.45, 2.75) is 25.9 Å². The van der Waals surface area contributed by atoms with Gasteiger partial charge in [-0.2, -0.15) is 4.98 Å². The van der Waals surface area contributed by atoms with Crippen LogP contribution in [0.15, 0.2) is 30.5 Å². The molecule has 2 heterocycles. The van der Waals surface area contributed by atoms with E-state index < -0.39 is 0 Å². The van der Waals surface area contributed by atoms with Crippen molar-refractivity contribution in [1.82, 2.24) is 14.9 Å². The van der Waals surface area contributed by atoms with Crippen molar-refractivity contribution in [3.8, 4) is 0 Å². The normalized spacial score (nSPS) is 18.5. The molecule has 3 N–H and O–H groups in total. The van der Waals surface area contributed by atoms with Gasteiger partial charge in [0.2, 0.25) is 5.95 Å². The lowest BCUT2D eigenvalue weighted by atomic mass is 10.1. The van der Waals surface area contributed by atoms with Crippen LogP contribution >= 0.6 is 0 Å². The third-order valence-electron chi connectivity index (χ3n) is 4.68. The standard InChI is InChI=1S/C18H24FN5O/c1-13-10-21-18(22-17(13)20)24-8-7-23(15(12-24)6-9-25)11-14-4-2-3-5-16(14)19/h2-5,10,15,25H,6-9,11-12H2,1H3,(H2,20,21,22)/t15-/m1/s1. The van der Waals surface area contributed by atoms with Crippen LogP contribution in [0.5, 0.6) is 0 Å². The van der Waals surface area contributed by atoms with Crippen molar-refractivity contribution in [1.29, 1.82) is 0 Å². The van der Waals surface area contributed by atoms with Crippen LogP contribution in [-0.4, -0.2) is 52.3 Å². The summed E-state index contributed by atoms with van der Waals surface area (Å²) < 4.78 is 14.0. The lowest BCUT2D eigenvalue weighted by Gasteiger charge is -2.41. The molecule has 7 heteroatoms. The fraction of sp³-hybridized carbons (Fsp3) is 0.444. The molecule has 134 valence electrons. The van der Waals surface area contributed by atoms with Crippen molar-refractivity contribution in [2.24, 2.45) is 0 Å². The molecule has 1 aromatic heterocycles. The zero-order valence-electron chi connectivity index (χ0n) is 14.4. The summed E-state index contributed by atoms with van der Waals surface area (Å²) in [6, 6.07) is 6.93. The maximum Gasteiger partial charge on any atom is 0.227 e. The second-order valence-corrected chi connectivity index (χ2v) is 6.41. The fourth-order valence-electron chi connectivity index (χ4n) is 3.15. The van der Waals surface area contributed by atoms with Crippen LogP contribution in [-0.2, 0) is 6.54 Å². The van der Waals surface area contributed by atoms with E-state index in [1.165, 1.54) is 6.07 Å². The number of nitrogen functional groups attached to an aromatic ring is 1. The molecule has 3 rings (SSSR count). The lowest BCUT2D eigenvalue weighted by molar-refractivity contribution is 0.133. The number of halogens is 1. The first-order valence-electron chi connectivity index (χ1n) is 8.51. The molecule has 25 heavy (non-hydrogen) atoms. The Kier molecular flexibility index (Phi) is 5.45. The van der Waals surface area contributed by atoms with E-state index in [-0.39, 0.29) is 18.5 Å². The molecule has 1 aliphatic heterocycles. The monoisotopic (exact) mass is 345 g/mol. The van der Waals surface area contributed by atoms with E-state index in [1.807, 2.05) is 19.1 Å². The SMILES string of the molecule is Cc1cnc(N2CCN(Cc3ccccc3F)[C@H](CCO)C2)nc1N. The topological polar surface area (TPSA) is 78.5 Å². The first-order chi connectivity index (χ1) is 12.1. The van der Waals surface area contributed by atoms with Crippen molar-refractivity contribution in [3.63, 3.8) is 0 Å². The highest BCUT2D eigenvalue weighted by Gasteiger charge is 2.28. The number of piperazine rings is 1. The molecule has 1 aliphatic rings. The number of hydrogen-bond donors (Lipinski definition) is 2. The molecule has 1 atom stereocenters. The molecule has 0 bridgehead atoms. The van der Waals surface area contributed by atoms with Crippen molar-refractivity contribution >= 4 is 11.8 Å².